The minimum absolute atomic E-state index is 0.0216. The van der Waals surface area contributed by atoms with Gasteiger partial charge < -0.3 is 5.32 Å². The van der Waals surface area contributed by atoms with Crippen molar-refractivity contribution in [3.8, 4) is 11.4 Å². The number of aromatic nitrogens is 4. The molecule has 0 aliphatic carbocycles. The van der Waals surface area contributed by atoms with E-state index in [-0.39, 0.29) is 23.0 Å². The first-order chi connectivity index (χ1) is 16.4. The van der Waals surface area contributed by atoms with Gasteiger partial charge in [-0.2, -0.15) is 0 Å². The zero-order valence-electron chi connectivity index (χ0n) is 18.6. The van der Waals surface area contributed by atoms with Gasteiger partial charge in [0.1, 0.15) is 5.69 Å². The summed E-state index contributed by atoms with van der Waals surface area (Å²) in [5.41, 5.74) is 3.54. The number of anilines is 1. The Morgan fingerprint density at radius 3 is 2.50 bits per heavy atom. The molecule has 1 N–H and O–H groups in total. The summed E-state index contributed by atoms with van der Waals surface area (Å²) < 4.78 is 1.95. The van der Waals surface area contributed by atoms with Crippen LogP contribution in [0.4, 0.5) is 11.4 Å². The Balaban J connectivity index is 1.57. The maximum Gasteiger partial charge on any atom is 0.293 e. The molecule has 0 spiro atoms. The summed E-state index contributed by atoms with van der Waals surface area (Å²) in [6.45, 7) is 4.12. The minimum Gasteiger partial charge on any atom is -0.319 e. The lowest BCUT2D eigenvalue weighted by molar-refractivity contribution is -0.384. The molecule has 10 heteroatoms. The molecule has 0 saturated carbocycles. The molecule has 172 valence electrons. The van der Waals surface area contributed by atoms with Crippen molar-refractivity contribution in [2.75, 3.05) is 11.1 Å². The number of carbonyl (C=O) groups excluding carboxylic acids is 1. The van der Waals surface area contributed by atoms with Crippen LogP contribution < -0.4 is 5.32 Å². The maximum atomic E-state index is 12.8. The van der Waals surface area contributed by atoms with Gasteiger partial charge in [-0.05, 0) is 42.7 Å². The number of carbonyl (C=O) groups is 1. The van der Waals surface area contributed by atoms with Crippen LogP contribution in [0.1, 0.15) is 16.7 Å². The van der Waals surface area contributed by atoms with Gasteiger partial charge in [-0.3, -0.25) is 24.5 Å². The Morgan fingerprint density at radius 2 is 1.79 bits per heavy atom. The summed E-state index contributed by atoms with van der Waals surface area (Å²) in [4.78, 5) is 27.7. The van der Waals surface area contributed by atoms with Crippen LogP contribution in [0.2, 0.25) is 0 Å². The molecule has 0 aliphatic rings. The molecule has 4 aromatic rings. The molecule has 2 heterocycles. The lowest BCUT2D eigenvalue weighted by Crippen LogP contribution is -2.17. The standard InChI is InChI=1S/C24H22N6O3S/c1-16-8-9-20(30(32)33)22(17(16)2)26-21(31)15-34-24-28-27-23(19-10-12-25-13-11-19)29(24)14-18-6-4-3-5-7-18/h3-13H,14-15H2,1-2H3,(H,26,31). The number of amides is 1. The van der Waals surface area contributed by atoms with Crippen LogP contribution in [0.5, 0.6) is 0 Å². The average molecular weight is 475 g/mol. The molecule has 0 unspecified atom stereocenters. The Hall–Kier alpha value is -4.05. The zero-order chi connectivity index (χ0) is 24.1. The number of nitrogens with zero attached hydrogens (tertiary/aromatic N) is 5. The SMILES string of the molecule is Cc1ccc([N+](=O)[O-])c(NC(=O)CSc2nnc(-c3ccncc3)n2Cc2ccccc2)c1C. The number of nitro benzene ring substituents is 1. The molecule has 0 radical (unpaired) electrons. The van der Waals surface area contributed by atoms with Gasteiger partial charge in [0.2, 0.25) is 5.91 Å². The number of thioether (sulfide) groups is 1. The van der Waals surface area contributed by atoms with Crippen molar-refractivity contribution in [3.05, 3.63) is 93.8 Å². The highest BCUT2D eigenvalue weighted by molar-refractivity contribution is 7.99. The van der Waals surface area contributed by atoms with Gasteiger partial charge in [0, 0.05) is 24.0 Å². The van der Waals surface area contributed by atoms with Gasteiger partial charge in [0.25, 0.3) is 5.69 Å². The summed E-state index contributed by atoms with van der Waals surface area (Å²) >= 11 is 1.23. The summed E-state index contributed by atoms with van der Waals surface area (Å²) in [7, 11) is 0. The lowest BCUT2D eigenvalue weighted by atomic mass is 10.1. The Bertz CT molecular complexity index is 1330. The Kier molecular flexibility index (Phi) is 6.98. The number of benzene rings is 2. The van der Waals surface area contributed by atoms with E-state index < -0.39 is 4.92 Å². The third kappa shape index (κ3) is 5.12. The molecular weight excluding hydrogens is 452 g/mol. The second-order valence-electron chi connectivity index (χ2n) is 7.61. The molecule has 0 aliphatic heterocycles. The van der Waals surface area contributed by atoms with Crippen molar-refractivity contribution in [3.63, 3.8) is 0 Å². The fourth-order valence-corrected chi connectivity index (χ4v) is 4.17. The third-order valence-electron chi connectivity index (χ3n) is 5.35. The number of pyridine rings is 1. The fraction of sp³-hybridized carbons (Fsp3) is 0.167. The van der Waals surface area contributed by atoms with Gasteiger partial charge in [-0.25, -0.2) is 0 Å². The number of hydrogen-bond donors (Lipinski definition) is 1. The quantitative estimate of drug-likeness (QED) is 0.225. The zero-order valence-corrected chi connectivity index (χ0v) is 19.5. The predicted molar refractivity (Wildman–Crippen MR) is 131 cm³/mol. The van der Waals surface area contributed by atoms with E-state index in [9.17, 15) is 14.9 Å². The van der Waals surface area contributed by atoms with Gasteiger partial charge in [-0.1, -0.05) is 48.2 Å². The van der Waals surface area contributed by atoms with E-state index in [0.717, 1.165) is 16.7 Å². The van der Waals surface area contributed by atoms with Crippen LogP contribution >= 0.6 is 11.8 Å². The van der Waals surface area contributed by atoms with Crippen molar-refractivity contribution in [1.29, 1.82) is 0 Å². The van der Waals surface area contributed by atoms with Crippen molar-refractivity contribution in [2.24, 2.45) is 0 Å². The first kappa shape index (κ1) is 23.1. The largest absolute Gasteiger partial charge is 0.319 e. The number of nitro groups is 1. The summed E-state index contributed by atoms with van der Waals surface area (Å²) in [5, 5.41) is 23.4. The molecule has 34 heavy (non-hydrogen) atoms. The van der Waals surface area contributed by atoms with Gasteiger partial charge in [-0.15, -0.1) is 10.2 Å². The fourth-order valence-electron chi connectivity index (χ4n) is 3.44. The molecule has 1 amide bonds. The Labute approximate surface area is 200 Å². The van der Waals surface area contributed by atoms with Crippen molar-refractivity contribution >= 4 is 29.0 Å². The van der Waals surface area contributed by atoms with Crippen LogP contribution in [-0.2, 0) is 11.3 Å². The second-order valence-corrected chi connectivity index (χ2v) is 8.55. The van der Waals surface area contributed by atoms with Crippen LogP contribution in [0.15, 0.2) is 72.1 Å². The molecule has 0 bridgehead atoms. The smallest absolute Gasteiger partial charge is 0.293 e. The monoisotopic (exact) mass is 474 g/mol. The van der Waals surface area contributed by atoms with E-state index in [1.54, 1.807) is 25.4 Å². The van der Waals surface area contributed by atoms with E-state index in [1.807, 2.05) is 54.0 Å². The van der Waals surface area contributed by atoms with E-state index in [4.69, 9.17) is 0 Å². The molecule has 0 saturated heterocycles. The molecule has 9 nitrogen and oxygen atoms in total. The van der Waals surface area contributed by atoms with E-state index in [1.165, 1.54) is 17.8 Å². The predicted octanol–water partition coefficient (Wildman–Crippen LogP) is 4.64. The summed E-state index contributed by atoms with van der Waals surface area (Å²) in [6, 6.07) is 16.7. The molecule has 4 rings (SSSR count). The number of nitrogens with one attached hydrogen (secondary N) is 1. The highest BCUT2D eigenvalue weighted by Crippen LogP contribution is 2.31. The van der Waals surface area contributed by atoms with Crippen molar-refractivity contribution < 1.29 is 9.72 Å². The molecule has 0 fully saturated rings. The van der Waals surface area contributed by atoms with Crippen LogP contribution in [0.3, 0.4) is 0 Å². The highest BCUT2D eigenvalue weighted by atomic mass is 32.2. The molecule has 2 aromatic carbocycles. The normalized spacial score (nSPS) is 10.8. The molecule has 2 aromatic heterocycles. The first-order valence-electron chi connectivity index (χ1n) is 10.5. The first-order valence-corrected chi connectivity index (χ1v) is 11.5. The number of hydrogen-bond acceptors (Lipinski definition) is 7. The van der Waals surface area contributed by atoms with Crippen molar-refractivity contribution in [1.82, 2.24) is 19.7 Å². The van der Waals surface area contributed by atoms with E-state index in [2.05, 4.69) is 20.5 Å². The third-order valence-corrected chi connectivity index (χ3v) is 6.31. The topological polar surface area (TPSA) is 116 Å². The van der Waals surface area contributed by atoms with E-state index >= 15 is 0 Å². The van der Waals surface area contributed by atoms with Crippen molar-refractivity contribution in [2.45, 2.75) is 25.5 Å². The van der Waals surface area contributed by atoms with Gasteiger partial charge in [0.15, 0.2) is 11.0 Å². The second kappa shape index (κ2) is 10.3. The number of rotatable bonds is 8. The van der Waals surface area contributed by atoms with Gasteiger partial charge in [0.05, 0.1) is 17.2 Å². The number of aryl methyl sites for hydroxylation is 1. The van der Waals surface area contributed by atoms with Crippen LogP contribution in [0.25, 0.3) is 11.4 Å². The van der Waals surface area contributed by atoms with Crippen LogP contribution in [0, 0.1) is 24.0 Å². The summed E-state index contributed by atoms with van der Waals surface area (Å²) in [5.74, 6) is 0.328. The lowest BCUT2D eigenvalue weighted by Gasteiger charge is -2.12. The average Bonchev–Trinajstić information content (AvgIpc) is 3.24. The van der Waals surface area contributed by atoms with Crippen LogP contribution in [-0.4, -0.2) is 36.3 Å². The summed E-state index contributed by atoms with van der Waals surface area (Å²) in [6.07, 6.45) is 3.38. The molecule has 0 atom stereocenters. The van der Waals surface area contributed by atoms with Gasteiger partial charge >= 0.3 is 0 Å². The Morgan fingerprint density at radius 1 is 1.06 bits per heavy atom. The van der Waals surface area contributed by atoms with E-state index in [0.29, 0.717) is 23.1 Å². The minimum atomic E-state index is -0.493. The highest BCUT2D eigenvalue weighted by Gasteiger charge is 2.21. The molecular formula is C24H22N6O3S. The maximum absolute atomic E-state index is 12.8.